The minimum atomic E-state index is -0.386. The topological polar surface area (TPSA) is 61.8 Å². The number of aryl methyl sites for hydroxylation is 1. The van der Waals surface area contributed by atoms with Crippen LogP contribution in [-0.2, 0) is 9.59 Å². The van der Waals surface area contributed by atoms with Gasteiger partial charge in [0, 0.05) is 28.0 Å². The molecule has 1 aromatic carbocycles. The quantitative estimate of drug-likeness (QED) is 0.626. The molecule has 2 amide bonds. The number of carbonyl (C=O) groups is 2. The van der Waals surface area contributed by atoms with E-state index in [-0.39, 0.29) is 24.2 Å². The molecule has 0 radical (unpaired) electrons. The Hall–Kier alpha value is -1.99. The van der Waals surface area contributed by atoms with Gasteiger partial charge in [0.1, 0.15) is 0 Å². The second-order valence-electron chi connectivity index (χ2n) is 5.58. The van der Waals surface area contributed by atoms with Crippen molar-refractivity contribution in [2.75, 3.05) is 11.4 Å². The van der Waals surface area contributed by atoms with Crippen LogP contribution in [0.2, 0.25) is 0 Å². The Balaban J connectivity index is 1.60. The first-order valence-electron chi connectivity index (χ1n) is 7.47. The lowest BCUT2D eigenvalue weighted by molar-refractivity contribution is -0.126. The van der Waals surface area contributed by atoms with Crippen LogP contribution < -0.4 is 10.3 Å². The molecule has 0 saturated carbocycles. The largest absolute Gasteiger partial charge is 0.312 e. The van der Waals surface area contributed by atoms with Gasteiger partial charge in [0.2, 0.25) is 11.8 Å². The van der Waals surface area contributed by atoms with Crippen molar-refractivity contribution < 1.29 is 9.59 Å². The van der Waals surface area contributed by atoms with Crippen LogP contribution in [0.3, 0.4) is 0 Å². The average molecular weight is 406 g/mol. The number of hydrogen-bond donors (Lipinski definition) is 1. The van der Waals surface area contributed by atoms with Crippen LogP contribution in [0.15, 0.2) is 45.3 Å². The first-order chi connectivity index (χ1) is 11.5. The lowest BCUT2D eigenvalue weighted by Crippen LogP contribution is -2.30. The van der Waals surface area contributed by atoms with Gasteiger partial charge in [-0.05, 0) is 48.2 Å². The molecule has 0 spiro atoms. The van der Waals surface area contributed by atoms with E-state index in [9.17, 15) is 9.59 Å². The number of carbonyl (C=O) groups excluding carboxylic acids is 2. The summed E-state index contributed by atoms with van der Waals surface area (Å²) in [5.74, 6) is -0.660. The highest BCUT2D eigenvalue weighted by molar-refractivity contribution is 9.10. The van der Waals surface area contributed by atoms with Crippen LogP contribution in [0.25, 0.3) is 0 Å². The molecule has 1 saturated heterocycles. The van der Waals surface area contributed by atoms with Crippen molar-refractivity contribution >= 4 is 51.0 Å². The molecule has 24 heavy (non-hydrogen) atoms. The van der Waals surface area contributed by atoms with Gasteiger partial charge in [-0.2, -0.15) is 5.10 Å². The number of hydrazone groups is 1. The summed E-state index contributed by atoms with van der Waals surface area (Å²) in [7, 11) is 0. The van der Waals surface area contributed by atoms with E-state index in [0.717, 1.165) is 20.6 Å². The Bertz CT molecular complexity index is 785. The summed E-state index contributed by atoms with van der Waals surface area (Å²) in [5, 5.41) is 5.98. The SMILES string of the molecule is Cc1ccsc1C=NNC(=O)C1CC(=O)N(c2ccc(Br)cc2)C1. The second kappa shape index (κ2) is 7.27. The summed E-state index contributed by atoms with van der Waals surface area (Å²) < 4.78 is 0.949. The van der Waals surface area contributed by atoms with E-state index < -0.39 is 0 Å². The van der Waals surface area contributed by atoms with Gasteiger partial charge in [0.25, 0.3) is 0 Å². The number of hydrogen-bond acceptors (Lipinski definition) is 4. The number of thiophene rings is 1. The van der Waals surface area contributed by atoms with Crippen LogP contribution in [0.5, 0.6) is 0 Å². The van der Waals surface area contributed by atoms with Gasteiger partial charge in [0.05, 0.1) is 12.1 Å². The molecule has 1 fully saturated rings. The molecule has 3 rings (SSSR count). The van der Waals surface area contributed by atoms with E-state index in [1.54, 1.807) is 22.5 Å². The third kappa shape index (κ3) is 3.73. The Kier molecular flexibility index (Phi) is 5.11. The maximum Gasteiger partial charge on any atom is 0.245 e. The van der Waals surface area contributed by atoms with Crippen molar-refractivity contribution in [2.24, 2.45) is 11.0 Å². The zero-order valence-electron chi connectivity index (χ0n) is 13.0. The van der Waals surface area contributed by atoms with Gasteiger partial charge in [0.15, 0.2) is 0 Å². The van der Waals surface area contributed by atoms with Crippen molar-refractivity contribution in [1.29, 1.82) is 0 Å². The van der Waals surface area contributed by atoms with Crippen molar-refractivity contribution in [3.8, 4) is 0 Å². The molecule has 5 nitrogen and oxygen atoms in total. The third-order valence-electron chi connectivity index (χ3n) is 3.89. The molecule has 124 valence electrons. The Morgan fingerprint density at radius 1 is 1.38 bits per heavy atom. The van der Waals surface area contributed by atoms with Gasteiger partial charge >= 0.3 is 0 Å². The number of amides is 2. The fraction of sp³-hybridized carbons (Fsp3) is 0.235. The summed E-state index contributed by atoms with van der Waals surface area (Å²) in [6.07, 6.45) is 1.84. The molecule has 1 aliphatic heterocycles. The molecule has 1 atom stereocenters. The van der Waals surface area contributed by atoms with E-state index in [4.69, 9.17) is 0 Å². The van der Waals surface area contributed by atoms with E-state index in [0.29, 0.717) is 6.54 Å². The normalized spacial score (nSPS) is 17.7. The molecule has 1 unspecified atom stereocenters. The van der Waals surface area contributed by atoms with Crippen molar-refractivity contribution in [3.63, 3.8) is 0 Å². The highest BCUT2D eigenvalue weighted by Crippen LogP contribution is 2.26. The molecular formula is C17H16BrN3O2S. The average Bonchev–Trinajstić information content (AvgIpc) is 3.14. The van der Waals surface area contributed by atoms with Crippen molar-refractivity contribution in [2.45, 2.75) is 13.3 Å². The van der Waals surface area contributed by atoms with Crippen LogP contribution >= 0.6 is 27.3 Å². The van der Waals surface area contributed by atoms with Crippen LogP contribution in [0.4, 0.5) is 5.69 Å². The van der Waals surface area contributed by atoms with Crippen molar-refractivity contribution in [3.05, 3.63) is 50.6 Å². The molecule has 1 N–H and O–H groups in total. The maximum absolute atomic E-state index is 12.2. The third-order valence-corrected chi connectivity index (χ3v) is 5.37. The lowest BCUT2D eigenvalue weighted by Gasteiger charge is -2.16. The number of nitrogens with one attached hydrogen (secondary N) is 1. The number of rotatable bonds is 4. The Morgan fingerprint density at radius 3 is 2.79 bits per heavy atom. The van der Waals surface area contributed by atoms with E-state index >= 15 is 0 Å². The molecule has 2 heterocycles. The standard InChI is InChI=1S/C17H16BrN3O2S/c1-11-6-7-24-15(11)9-19-20-17(23)12-8-16(22)21(10-12)14-4-2-13(18)3-5-14/h2-7,9,12H,8,10H2,1H3,(H,20,23). The molecule has 7 heteroatoms. The monoisotopic (exact) mass is 405 g/mol. The van der Waals surface area contributed by atoms with E-state index in [1.807, 2.05) is 42.6 Å². The van der Waals surface area contributed by atoms with Crippen LogP contribution in [0, 0.1) is 12.8 Å². The highest BCUT2D eigenvalue weighted by atomic mass is 79.9. The fourth-order valence-electron chi connectivity index (χ4n) is 2.52. The Morgan fingerprint density at radius 2 is 2.12 bits per heavy atom. The lowest BCUT2D eigenvalue weighted by atomic mass is 10.1. The molecule has 1 aromatic heterocycles. The number of anilines is 1. The summed E-state index contributed by atoms with van der Waals surface area (Å²) in [5.41, 5.74) is 4.47. The maximum atomic E-state index is 12.2. The molecule has 2 aromatic rings. The smallest absolute Gasteiger partial charge is 0.245 e. The highest BCUT2D eigenvalue weighted by Gasteiger charge is 2.35. The minimum Gasteiger partial charge on any atom is -0.312 e. The number of benzene rings is 1. The van der Waals surface area contributed by atoms with Gasteiger partial charge in [-0.3, -0.25) is 9.59 Å². The van der Waals surface area contributed by atoms with Gasteiger partial charge in [-0.1, -0.05) is 15.9 Å². The number of halogens is 1. The first-order valence-corrected chi connectivity index (χ1v) is 9.15. The molecular weight excluding hydrogens is 390 g/mol. The molecule has 0 aliphatic carbocycles. The fourth-order valence-corrected chi connectivity index (χ4v) is 3.57. The second-order valence-corrected chi connectivity index (χ2v) is 7.45. The summed E-state index contributed by atoms with van der Waals surface area (Å²) in [6.45, 7) is 2.37. The van der Waals surface area contributed by atoms with Crippen LogP contribution in [0.1, 0.15) is 16.9 Å². The van der Waals surface area contributed by atoms with E-state index in [1.165, 1.54) is 0 Å². The van der Waals surface area contributed by atoms with E-state index in [2.05, 4.69) is 26.5 Å². The summed E-state index contributed by atoms with van der Waals surface area (Å²) in [6, 6.07) is 9.48. The van der Waals surface area contributed by atoms with Gasteiger partial charge < -0.3 is 4.90 Å². The predicted octanol–water partition coefficient (Wildman–Crippen LogP) is 3.32. The zero-order chi connectivity index (χ0) is 17.1. The summed E-state index contributed by atoms with van der Waals surface area (Å²) in [4.78, 5) is 27.1. The van der Waals surface area contributed by atoms with Gasteiger partial charge in [-0.25, -0.2) is 5.43 Å². The number of nitrogens with zero attached hydrogens (tertiary/aromatic N) is 2. The summed E-state index contributed by atoms with van der Waals surface area (Å²) >= 11 is 4.94. The van der Waals surface area contributed by atoms with Crippen LogP contribution in [-0.4, -0.2) is 24.6 Å². The predicted molar refractivity (Wildman–Crippen MR) is 99.4 cm³/mol. The van der Waals surface area contributed by atoms with Crippen molar-refractivity contribution in [1.82, 2.24) is 5.43 Å². The minimum absolute atomic E-state index is 0.0458. The Labute approximate surface area is 152 Å². The first kappa shape index (κ1) is 16.9. The zero-order valence-corrected chi connectivity index (χ0v) is 15.4. The molecule has 1 aliphatic rings. The van der Waals surface area contributed by atoms with Gasteiger partial charge in [-0.15, -0.1) is 11.3 Å². The molecule has 0 bridgehead atoms.